The Bertz CT molecular complexity index is 1500. The van der Waals surface area contributed by atoms with Crippen LogP contribution in [0.25, 0.3) is 21.8 Å². The van der Waals surface area contributed by atoms with Crippen molar-refractivity contribution in [3.63, 3.8) is 0 Å². The lowest BCUT2D eigenvalue weighted by Crippen LogP contribution is -2.40. The highest BCUT2D eigenvalue weighted by atomic mass is 32.2. The molecule has 0 saturated carbocycles. The molecule has 1 aliphatic rings. The van der Waals surface area contributed by atoms with Crippen molar-refractivity contribution in [3.05, 3.63) is 47.9 Å². The fourth-order valence-electron chi connectivity index (χ4n) is 4.45. The van der Waals surface area contributed by atoms with E-state index in [-0.39, 0.29) is 11.5 Å². The molecule has 1 saturated heterocycles. The van der Waals surface area contributed by atoms with Gasteiger partial charge in [-0.05, 0) is 50.1 Å². The smallest absolute Gasteiger partial charge is 0.230 e. The van der Waals surface area contributed by atoms with Crippen LogP contribution < -0.4 is 14.2 Å². The Morgan fingerprint density at radius 3 is 2.61 bits per heavy atom. The van der Waals surface area contributed by atoms with Crippen LogP contribution in [0.1, 0.15) is 17.7 Å². The zero-order valence-electron chi connectivity index (χ0n) is 20.7. The average Bonchev–Trinajstić information content (AvgIpc) is 3.15. The van der Waals surface area contributed by atoms with Crippen molar-refractivity contribution in [2.45, 2.75) is 20.3 Å². The fourth-order valence-corrected chi connectivity index (χ4v) is 5.73. The van der Waals surface area contributed by atoms with Gasteiger partial charge < -0.3 is 24.1 Å². The molecule has 1 N–H and O–H groups in total. The zero-order valence-corrected chi connectivity index (χ0v) is 21.5. The summed E-state index contributed by atoms with van der Waals surface area (Å²) < 4.78 is 41.0. The number of rotatable bonds is 8. The van der Waals surface area contributed by atoms with Gasteiger partial charge in [0.1, 0.15) is 12.1 Å². The number of nitrogens with zero attached hydrogens (tertiary/aromatic N) is 3. The predicted molar refractivity (Wildman–Crippen MR) is 139 cm³/mol. The number of ether oxygens (including phenoxy) is 3. The van der Waals surface area contributed by atoms with E-state index in [2.05, 4.69) is 33.7 Å². The monoisotopic (exact) mass is 510 g/mol. The van der Waals surface area contributed by atoms with E-state index in [1.165, 1.54) is 11.9 Å². The molecule has 1 aliphatic heterocycles. The summed E-state index contributed by atoms with van der Waals surface area (Å²) in [5.74, 6) is 2.75. The van der Waals surface area contributed by atoms with Crippen LogP contribution in [0.4, 0.5) is 0 Å². The van der Waals surface area contributed by atoms with E-state index in [1.54, 1.807) is 7.11 Å². The second-order valence-electron chi connectivity index (χ2n) is 9.08. The number of fused-ring (bicyclic) bond motifs is 2. The Morgan fingerprint density at radius 1 is 1.03 bits per heavy atom. The highest BCUT2D eigenvalue weighted by Gasteiger charge is 2.21. The lowest BCUT2D eigenvalue weighted by molar-refractivity contribution is 0.240. The number of methoxy groups -OCH3 is 1. The highest BCUT2D eigenvalue weighted by Crippen LogP contribution is 2.36. The first-order valence-corrected chi connectivity index (χ1v) is 13.8. The van der Waals surface area contributed by atoms with Crippen LogP contribution in [-0.4, -0.2) is 73.1 Å². The van der Waals surface area contributed by atoms with Crippen molar-refractivity contribution >= 4 is 31.6 Å². The predicted octanol–water partition coefficient (Wildman–Crippen LogP) is 4.03. The van der Waals surface area contributed by atoms with Crippen molar-refractivity contribution in [1.29, 1.82) is 0 Å². The molecule has 36 heavy (non-hydrogen) atoms. The summed E-state index contributed by atoms with van der Waals surface area (Å²) in [5, 5.41) is 1.83. The number of nitrogens with one attached hydrogen (secondary N) is 1. The number of benzene rings is 2. The third-order valence-electron chi connectivity index (χ3n) is 6.69. The normalized spacial score (nSPS) is 15.9. The van der Waals surface area contributed by atoms with Gasteiger partial charge in [-0.2, -0.15) is 0 Å². The molecule has 2 aromatic carbocycles. The maximum atomic E-state index is 11.6. The summed E-state index contributed by atoms with van der Waals surface area (Å²) in [4.78, 5) is 14.3. The molecule has 10 heteroatoms. The van der Waals surface area contributed by atoms with E-state index in [0.29, 0.717) is 48.3 Å². The topological polar surface area (TPSA) is 107 Å². The summed E-state index contributed by atoms with van der Waals surface area (Å²) in [5.41, 5.74) is 4.08. The quantitative estimate of drug-likeness (QED) is 0.354. The van der Waals surface area contributed by atoms with Gasteiger partial charge in [-0.25, -0.2) is 18.4 Å². The molecule has 2 aromatic heterocycles. The lowest BCUT2D eigenvalue weighted by atomic mass is 10.1. The Balaban J connectivity index is 1.30. The number of aryl methyl sites for hydroxylation is 2. The second kappa shape index (κ2) is 9.94. The Kier molecular flexibility index (Phi) is 6.72. The molecule has 0 radical (unpaired) electrons. The van der Waals surface area contributed by atoms with Crippen molar-refractivity contribution in [1.82, 2.24) is 19.9 Å². The lowest BCUT2D eigenvalue weighted by Gasteiger charge is -2.26. The van der Waals surface area contributed by atoms with Gasteiger partial charge in [0.25, 0.3) is 0 Å². The van der Waals surface area contributed by atoms with E-state index in [1.807, 2.05) is 30.3 Å². The van der Waals surface area contributed by atoms with Crippen molar-refractivity contribution < 1.29 is 22.6 Å². The van der Waals surface area contributed by atoms with Gasteiger partial charge in [-0.1, -0.05) is 0 Å². The third-order valence-corrected chi connectivity index (χ3v) is 8.30. The highest BCUT2D eigenvalue weighted by molar-refractivity contribution is 7.91. The molecule has 0 aliphatic carbocycles. The summed E-state index contributed by atoms with van der Waals surface area (Å²) in [6.07, 6.45) is 2.25. The molecule has 0 spiro atoms. The minimum atomic E-state index is -2.87. The van der Waals surface area contributed by atoms with Gasteiger partial charge in [-0.15, -0.1) is 0 Å². The molecule has 0 unspecified atom stereocenters. The van der Waals surface area contributed by atoms with E-state index in [4.69, 9.17) is 14.2 Å². The number of sulfone groups is 1. The van der Waals surface area contributed by atoms with Gasteiger partial charge in [0.2, 0.25) is 5.88 Å². The Labute approximate surface area is 210 Å². The van der Waals surface area contributed by atoms with E-state index in [9.17, 15) is 8.42 Å². The van der Waals surface area contributed by atoms with Crippen molar-refractivity contribution in [2.75, 3.05) is 44.9 Å². The summed E-state index contributed by atoms with van der Waals surface area (Å²) in [6.45, 7) is 6.57. The fraction of sp³-hybridized carbons (Fsp3) is 0.385. The van der Waals surface area contributed by atoms with Gasteiger partial charge in [-0.3, -0.25) is 0 Å². The maximum Gasteiger partial charge on any atom is 0.230 e. The molecule has 1 fully saturated rings. The summed E-state index contributed by atoms with van der Waals surface area (Å²) in [6, 6.07) is 9.59. The summed E-state index contributed by atoms with van der Waals surface area (Å²) in [7, 11) is -1.27. The van der Waals surface area contributed by atoms with Crippen LogP contribution in [0.3, 0.4) is 0 Å². The number of hydrogen-bond donors (Lipinski definition) is 1. The number of aromatic nitrogens is 3. The van der Waals surface area contributed by atoms with Crippen LogP contribution in [-0.2, 0) is 9.84 Å². The first kappa shape index (κ1) is 24.3. The standard InChI is InChI=1S/C26H30N4O5S/c1-17-18(2)29-22-6-5-19(13-20(17)22)35-26-21-14-24(33-3)25(15-23(21)27-16-28-26)34-10-4-7-30-8-11-36(31,32)12-9-30/h5-6,13-16,29H,4,7-12H2,1-3H3. The molecule has 0 bridgehead atoms. The molecule has 4 aromatic rings. The summed E-state index contributed by atoms with van der Waals surface area (Å²) >= 11 is 0. The van der Waals surface area contributed by atoms with Crippen LogP contribution in [0.2, 0.25) is 0 Å². The molecule has 0 amide bonds. The first-order valence-electron chi connectivity index (χ1n) is 12.0. The van der Waals surface area contributed by atoms with Crippen LogP contribution in [0, 0.1) is 13.8 Å². The maximum absolute atomic E-state index is 11.6. The van der Waals surface area contributed by atoms with Crippen LogP contribution in [0.5, 0.6) is 23.1 Å². The number of aromatic amines is 1. The molecule has 3 heterocycles. The Hall–Kier alpha value is -3.37. The van der Waals surface area contributed by atoms with Crippen molar-refractivity contribution in [2.24, 2.45) is 0 Å². The largest absolute Gasteiger partial charge is 0.493 e. The minimum Gasteiger partial charge on any atom is -0.493 e. The molecule has 9 nitrogen and oxygen atoms in total. The van der Waals surface area contributed by atoms with Crippen molar-refractivity contribution in [3.8, 4) is 23.1 Å². The van der Waals surface area contributed by atoms with E-state index >= 15 is 0 Å². The Morgan fingerprint density at radius 2 is 1.83 bits per heavy atom. The first-order chi connectivity index (χ1) is 17.3. The molecule has 190 valence electrons. The SMILES string of the molecule is COc1cc2c(Oc3ccc4[nH]c(C)c(C)c4c3)ncnc2cc1OCCCN1CCS(=O)(=O)CC1. The van der Waals surface area contributed by atoms with E-state index < -0.39 is 9.84 Å². The van der Waals surface area contributed by atoms with Gasteiger partial charge >= 0.3 is 0 Å². The molecular weight excluding hydrogens is 480 g/mol. The third kappa shape index (κ3) is 5.10. The number of H-pyrrole nitrogens is 1. The van der Waals surface area contributed by atoms with Crippen LogP contribution >= 0.6 is 0 Å². The second-order valence-corrected chi connectivity index (χ2v) is 11.4. The minimum absolute atomic E-state index is 0.231. The molecule has 5 rings (SSSR count). The number of hydrogen-bond acceptors (Lipinski definition) is 8. The van der Waals surface area contributed by atoms with Crippen LogP contribution in [0.15, 0.2) is 36.7 Å². The average molecular weight is 511 g/mol. The van der Waals surface area contributed by atoms with Gasteiger partial charge in [0.05, 0.1) is 36.1 Å². The molecule has 0 atom stereocenters. The molecular formula is C26H30N4O5S. The van der Waals surface area contributed by atoms with Gasteiger partial charge in [0.15, 0.2) is 21.3 Å². The van der Waals surface area contributed by atoms with Gasteiger partial charge in [0, 0.05) is 42.3 Å². The van der Waals surface area contributed by atoms with E-state index in [0.717, 1.165) is 34.9 Å². The zero-order chi connectivity index (χ0) is 25.3.